The minimum atomic E-state index is -0.178. The molecule has 0 radical (unpaired) electrons. The highest BCUT2D eigenvalue weighted by molar-refractivity contribution is 5.81. The maximum atomic E-state index is 12.9. The maximum Gasteiger partial charge on any atom is 0.261 e. The predicted octanol–water partition coefficient (Wildman–Crippen LogP) is 4.74. The first-order chi connectivity index (χ1) is 17.0. The average molecular weight is 472 g/mol. The molecule has 4 rings (SSSR count). The van der Waals surface area contributed by atoms with Crippen LogP contribution in [0.25, 0.3) is 22.0 Å². The molecule has 0 aliphatic rings. The second-order valence-corrected chi connectivity index (χ2v) is 8.35. The first-order valence-electron chi connectivity index (χ1n) is 11.6. The molecule has 1 amide bonds. The zero-order valence-corrected chi connectivity index (χ0v) is 20.2. The van der Waals surface area contributed by atoms with Crippen LogP contribution in [0.2, 0.25) is 0 Å². The summed E-state index contributed by atoms with van der Waals surface area (Å²) >= 11 is 0. The molecule has 0 saturated carbocycles. The molecule has 0 spiro atoms. The van der Waals surface area contributed by atoms with Gasteiger partial charge in [0.05, 0.1) is 37.5 Å². The van der Waals surface area contributed by atoms with Crippen LogP contribution in [0.3, 0.4) is 0 Å². The van der Waals surface area contributed by atoms with Crippen LogP contribution >= 0.6 is 0 Å². The second-order valence-electron chi connectivity index (χ2n) is 8.35. The fourth-order valence-corrected chi connectivity index (χ4v) is 4.05. The molecule has 1 heterocycles. The quantitative estimate of drug-likeness (QED) is 0.381. The summed E-state index contributed by atoms with van der Waals surface area (Å²) in [7, 11) is 3.06. The highest BCUT2D eigenvalue weighted by Crippen LogP contribution is 2.29. The molecule has 180 valence electrons. The van der Waals surface area contributed by atoms with Crippen molar-refractivity contribution in [2.45, 2.75) is 32.4 Å². The summed E-state index contributed by atoms with van der Waals surface area (Å²) < 4.78 is 12.1. The van der Waals surface area contributed by atoms with Gasteiger partial charge in [-0.1, -0.05) is 54.6 Å². The van der Waals surface area contributed by atoms with E-state index in [1.165, 1.54) is 25.1 Å². The van der Waals surface area contributed by atoms with E-state index in [9.17, 15) is 9.59 Å². The number of amides is 1. The summed E-state index contributed by atoms with van der Waals surface area (Å²) in [6, 6.07) is 21.6. The highest BCUT2D eigenvalue weighted by Gasteiger charge is 2.13. The molecule has 4 aromatic rings. The molecule has 0 fully saturated rings. The smallest absolute Gasteiger partial charge is 0.261 e. The number of aryl methyl sites for hydroxylation is 1. The van der Waals surface area contributed by atoms with Crippen molar-refractivity contribution < 1.29 is 14.3 Å². The molecule has 7 nitrogen and oxygen atoms in total. The van der Waals surface area contributed by atoms with Gasteiger partial charge >= 0.3 is 0 Å². The topological polar surface area (TPSA) is 82.5 Å². The van der Waals surface area contributed by atoms with Crippen molar-refractivity contribution in [2.24, 2.45) is 0 Å². The van der Waals surface area contributed by atoms with Gasteiger partial charge in [-0.15, -0.1) is 0 Å². The number of fused-ring (bicyclic) bond motifs is 1. The summed E-state index contributed by atoms with van der Waals surface area (Å²) in [4.78, 5) is 29.8. The number of methoxy groups -OCH3 is 2. The third kappa shape index (κ3) is 5.51. The van der Waals surface area contributed by atoms with E-state index in [0.717, 1.165) is 16.7 Å². The highest BCUT2D eigenvalue weighted by atomic mass is 16.5. The van der Waals surface area contributed by atoms with Crippen molar-refractivity contribution in [3.05, 3.63) is 89.0 Å². The van der Waals surface area contributed by atoms with E-state index in [-0.39, 0.29) is 17.5 Å². The Balaban J connectivity index is 1.34. The van der Waals surface area contributed by atoms with Crippen LogP contribution in [0.5, 0.6) is 11.5 Å². The number of aromatic nitrogens is 2. The summed E-state index contributed by atoms with van der Waals surface area (Å²) in [5.74, 6) is 0.935. The van der Waals surface area contributed by atoms with Gasteiger partial charge in [-0.3, -0.25) is 14.2 Å². The van der Waals surface area contributed by atoms with Crippen LogP contribution in [-0.4, -0.2) is 29.7 Å². The van der Waals surface area contributed by atoms with E-state index in [1.54, 1.807) is 12.1 Å². The van der Waals surface area contributed by atoms with Crippen LogP contribution in [0, 0.1) is 0 Å². The molecule has 0 aliphatic heterocycles. The molecule has 1 aromatic heterocycles. The van der Waals surface area contributed by atoms with Crippen molar-refractivity contribution in [1.82, 2.24) is 14.9 Å². The standard InChI is InChI=1S/C28H29N3O4/c1-19(20-11-13-22(14-12-20)21-8-5-4-6-9-21)30-27(32)10-7-15-31-18-29-24-17-26(35-3)25(34-2)16-23(24)28(31)33/h4-6,8-9,11-14,16-19H,7,10,15H2,1-3H3,(H,30,32). The summed E-state index contributed by atoms with van der Waals surface area (Å²) in [5.41, 5.74) is 3.69. The number of nitrogens with one attached hydrogen (secondary N) is 1. The van der Waals surface area contributed by atoms with E-state index in [4.69, 9.17) is 9.47 Å². The molecule has 1 unspecified atom stereocenters. The molecule has 1 atom stereocenters. The number of carbonyl (C=O) groups is 1. The number of nitrogens with zero attached hydrogens (tertiary/aromatic N) is 2. The molecule has 35 heavy (non-hydrogen) atoms. The third-order valence-electron chi connectivity index (χ3n) is 6.03. The molecule has 0 aliphatic carbocycles. The van der Waals surface area contributed by atoms with Crippen molar-refractivity contribution in [3.8, 4) is 22.6 Å². The van der Waals surface area contributed by atoms with Crippen LogP contribution in [0.4, 0.5) is 0 Å². The fourth-order valence-electron chi connectivity index (χ4n) is 4.05. The lowest BCUT2D eigenvalue weighted by molar-refractivity contribution is -0.121. The zero-order valence-electron chi connectivity index (χ0n) is 20.2. The van der Waals surface area contributed by atoms with Gasteiger partial charge in [0.25, 0.3) is 5.56 Å². The van der Waals surface area contributed by atoms with Gasteiger partial charge in [0.15, 0.2) is 11.5 Å². The van der Waals surface area contributed by atoms with E-state index >= 15 is 0 Å². The Labute approximate surface area is 204 Å². The SMILES string of the molecule is COc1cc2ncn(CCCC(=O)NC(C)c3ccc(-c4ccccc4)cc3)c(=O)c2cc1OC. The average Bonchev–Trinajstić information content (AvgIpc) is 2.90. The van der Waals surface area contributed by atoms with Gasteiger partial charge in [0.1, 0.15) is 0 Å². The van der Waals surface area contributed by atoms with Gasteiger partial charge in [-0.05, 0) is 36.1 Å². The van der Waals surface area contributed by atoms with E-state index in [2.05, 4.69) is 34.6 Å². The fraction of sp³-hybridized carbons (Fsp3) is 0.250. The normalized spacial score (nSPS) is 11.7. The lowest BCUT2D eigenvalue weighted by Gasteiger charge is -2.15. The predicted molar refractivity (Wildman–Crippen MR) is 137 cm³/mol. The Hall–Kier alpha value is -4.13. The number of carbonyl (C=O) groups excluding carboxylic acids is 1. The number of rotatable bonds is 9. The molecule has 1 N–H and O–H groups in total. The number of ether oxygens (including phenoxy) is 2. The summed E-state index contributed by atoms with van der Waals surface area (Å²) in [6.45, 7) is 2.36. The molecule has 3 aromatic carbocycles. The molecule has 0 bridgehead atoms. The van der Waals surface area contributed by atoms with Crippen LogP contribution in [-0.2, 0) is 11.3 Å². The van der Waals surface area contributed by atoms with E-state index in [0.29, 0.717) is 41.8 Å². The van der Waals surface area contributed by atoms with Gasteiger partial charge in [-0.25, -0.2) is 4.98 Å². The molecule has 7 heteroatoms. The number of benzene rings is 3. The van der Waals surface area contributed by atoms with Crippen molar-refractivity contribution in [2.75, 3.05) is 14.2 Å². The van der Waals surface area contributed by atoms with Gasteiger partial charge < -0.3 is 14.8 Å². The Morgan fingerprint density at radius 3 is 2.31 bits per heavy atom. The van der Waals surface area contributed by atoms with E-state index in [1.807, 2.05) is 37.3 Å². The zero-order chi connectivity index (χ0) is 24.8. The Kier molecular flexibility index (Phi) is 7.45. The van der Waals surface area contributed by atoms with Crippen LogP contribution in [0.1, 0.15) is 31.4 Å². The maximum absolute atomic E-state index is 12.9. The lowest BCUT2D eigenvalue weighted by Crippen LogP contribution is -2.27. The largest absolute Gasteiger partial charge is 0.493 e. The third-order valence-corrected chi connectivity index (χ3v) is 6.03. The van der Waals surface area contributed by atoms with Gasteiger partial charge in [0, 0.05) is 19.0 Å². The van der Waals surface area contributed by atoms with Gasteiger partial charge in [0.2, 0.25) is 5.91 Å². The monoisotopic (exact) mass is 471 g/mol. The molecular weight excluding hydrogens is 442 g/mol. The Morgan fingerprint density at radius 1 is 0.971 bits per heavy atom. The molecular formula is C28H29N3O4. The summed E-state index contributed by atoms with van der Waals surface area (Å²) in [6.07, 6.45) is 2.33. The lowest BCUT2D eigenvalue weighted by atomic mass is 10.0. The van der Waals surface area contributed by atoms with Crippen LogP contribution < -0.4 is 20.3 Å². The van der Waals surface area contributed by atoms with E-state index < -0.39 is 0 Å². The summed E-state index contributed by atoms with van der Waals surface area (Å²) in [5, 5.41) is 3.49. The molecule has 0 saturated heterocycles. The Bertz CT molecular complexity index is 1370. The van der Waals surface area contributed by atoms with Crippen molar-refractivity contribution in [3.63, 3.8) is 0 Å². The van der Waals surface area contributed by atoms with Crippen LogP contribution in [0.15, 0.2) is 77.9 Å². The number of hydrogen-bond donors (Lipinski definition) is 1. The first-order valence-corrected chi connectivity index (χ1v) is 11.6. The first kappa shape index (κ1) is 24.0. The Morgan fingerprint density at radius 2 is 1.63 bits per heavy atom. The minimum absolute atomic E-state index is 0.0576. The van der Waals surface area contributed by atoms with Gasteiger partial charge in [-0.2, -0.15) is 0 Å². The minimum Gasteiger partial charge on any atom is -0.493 e. The van der Waals surface area contributed by atoms with Crippen molar-refractivity contribution in [1.29, 1.82) is 0 Å². The number of hydrogen-bond acceptors (Lipinski definition) is 5. The second kappa shape index (κ2) is 10.9. The van der Waals surface area contributed by atoms with Crippen molar-refractivity contribution >= 4 is 16.8 Å².